The fourth-order valence-electron chi connectivity index (χ4n) is 3.65. The Bertz CT molecular complexity index is 1240. The first-order chi connectivity index (χ1) is 16.6. The number of rotatable bonds is 9. The smallest absolute Gasteiger partial charge is 0.472 e. The van der Waals surface area contributed by atoms with E-state index in [2.05, 4.69) is 10.2 Å². The van der Waals surface area contributed by atoms with Gasteiger partial charge in [0.05, 0.1) is 13.1 Å². The number of phenolic OH excluding ortho intramolecular Hbond substituents is 2. The van der Waals surface area contributed by atoms with Gasteiger partial charge in [-0.05, 0) is 45.5 Å². The third kappa shape index (κ3) is 5.39. The lowest BCUT2D eigenvalue weighted by molar-refractivity contribution is 0.477. The summed E-state index contributed by atoms with van der Waals surface area (Å²) in [6.45, 7) is 0.647. The highest BCUT2D eigenvalue weighted by Crippen LogP contribution is 2.32. The molecule has 0 aliphatic heterocycles. The van der Waals surface area contributed by atoms with Gasteiger partial charge in [-0.15, -0.1) is 10.2 Å². The molecule has 2 unspecified atom stereocenters. The Kier molecular flexibility index (Phi) is 7.79. The number of aromatic hydroxyl groups is 2. The highest BCUT2D eigenvalue weighted by Gasteiger charge is 2.28. The van der Waals surface area contributed by atoms with Crippen molar-refractivity contribution in [3.05, 3.63) is 97.1 Å². The molecule has 2 atom stereocenters. The number of hydrogen-bond donors (Lipinski definition) is 4. The van der Waals surface area contributed by atoms with E-state index in [1.54, 1.807) is 60.7 Å². The van der Waals surface area contributed by atoms with Crippen LogP contribution >= 0.6 is 15.9 Å². The number of phenols is 2. The molecule has 8 heteroatoms. The van der Waals surface area contributed by atoms with E-state index in [0.29, 0.717) is 46.0 Å². The number of nitrogens with one attached hydrogen (secondary N) is 2. The van der Waals surface area contributed by atoms with Crippen LogP contribution in [0.5, 0.6) is 11.5 Å². The Morgan fingerprint density at radius 1 is 0.500 bits per heavy atom. The summed E-state index contributed by atoms with van der Waals surface area (Å²) in [6.07, 6.45) is 0. The van der Waals surface area contributed by atoms with E-state index in [1.165, 1.54) is 0 Å². The van der Waals surface area contributed by atoms with Gasteiger partial charge in [0.25, 0.3) is 0 Å². The van der Waals surface area contributed by atoms with Crippen LogP contribution < -0.4 is 20.8 Å². The molecule has 0 bridgehead atoms. The van der Waals surface area contributed by atoms with Crippen molar-refractivity contribution in [2.24, 2.45) is 0 Å². The molecule has 0 spiro atoms. The highest BCUT2D eigenvalue weighted by atomic mass is 31.1. The van der Waals surface area contributed by atoms with Crippen LogP contribution in [-0.2, 0) is 9.13 Å². The van der Waals surface area contributed by atoms with Crippen LogP contribution in [0.3, 0.4) is 0 Å². The monoisotopic (exact) mass is 490 g/mol. The average Bonchev–Trinajstić information content (AvgIpc) is 2.87. The van der Waals surface area contributed by atoms with Crippen LogP contribution in [0, 0.1) is 0 Å². The second-order valence-corrected chi connectivity index (χ2v) is 10.2. The molecule has 4 rings (SSSR count). The van der Waals surface area contributed by atoms with Gasteiger partial charge in [-0.1, -0.05) is 60.7 Å². The van der Waals surface area contributed by atoms with Gasteiger partial charge in [0, 0.05) is 22.3 Å². The minimum atomic E-state index is -1.94. The fourth-order valence-corrected chi connectivity index (χ4v) is 5.89. The van der Waals surface area contributed by atoms with Crippen LogP contribution in [-0.4, -0.2) is 23.3 Å². The molecule has 0 saturated carbocycles. The summed E-state index contributed by atoms with van der Waals surface area (Å²) >= 11 is 0. The van der Waals surface area contributed by atoms with E-state index >= 15 is 0 Å². The van der Waals surface area contributed by atoms with Gasteiger partial charge in [0.2, 0.25) is 10.6 Å². The maximum atomic E-state index is 13.0. The van der Waals surface area contributed by atoms with Gasteiger partial charge < -0.3 is 10.2 Å². The van der Waals surface area contributed by atoms with Gasteiger partial charge >= 0.3 is 15.9 Å². The largest absolute Gasteiger partial charge is 0.507 e. The van der Waals surface area contributed by atoms with Crippen molar-refractivity contribution >= 4 is 26.5 Å². The third-order valence-corrected chi connectivity index (χ3v) is 7.95. The Balaban J connectivity index is 1.40. The van der Waals surface area contributed by atoms with Gasteiger partial charge in [-0.2, -0.15) is 0 Å². The number of para-hydroxylation sites is 2. The molecule has 4 N–H and O–H groups in total. The zero-order chi connectivity index (χ0) is 23.9. The fraction of sp³-hybridized carbons (Fsp3) is 0.0769. The molecule has 0 fully saturated rings. The first kappa shape index (κ1) is 23.7. The van der Waals surface area contributed by atoms with Crippen molar-refractivity contribution in [1.29, 1.82) is 0 Å². The minimum Gasteiger partial charge on any atom is -0.507 e. The molecule has 6 nitrogen and oxygen atoms in total. The molecular formula is C26H24N2O4P2+2. The van der Waals surface area contributed by atoms with Gasteiger partial charge in [0.1, 0.15) is 11.5 Å². The van der Waals surface area contributed by atoms with E-state index in [4.69, 9.17) is 0 Å². The van der Waals surface area contributed by atoms with E-state index in [9.17, 15) is 19.3 Å². The topological polar surface area (TPSA) is 98.7 Å². The second-order valence-electron chi connectivity index (χ2n) is 7.47. The SMILES string of the molecule is O=[P+](NCCN[P+](=O)c1ccccc1-c1ccccc1O)c1ccccc1-c1ccccc1O. The molecule has 34 heavy (non-hydrogen) atoms. The molecule has 0 saturated heterocycles. The Hall–Kier alpha value is -3.40. The zero-order valence-corrected chi connectivity index (χ0v) is 20.0. The maximum absolute atomic E-state index is 13.0. The van der Waals surface area contributed by atoms with Crippen LogP contribution in [0.1, 0.15) is 0 Å². The lowest BCUT2D eigenvalue weighted by Crippen LogP contribution is -2.23. The van der Waals surface area contributed by atoms with Gasteiger partial charge in [0.15, 0.2) is 0 Å². The third-order valence-electron chi connectivity index (χ3n) is 5.27. The molecule has 0 aliphatic carbocycles. The van der Waals surface area contributed by atoms with Crippen LogP contribution in [0.4, 0.5) is 0 Å². The molecule has 0 aliphatic rings. The summed E-state index contributed by atoms with van der Waals surface area (Å²) in [5.41, 5.74) is 2.63. The maximum Gasteiger partial charge on any atom is 0.472 e. The molecule has 4 aromatic rings. The summed E-state index contributed by atoms with van der Waals surface area (Å²) in [5, 5.41) is 27.6. The van der Waals surface area contributed by atoms with E-state index in [0.717, 1.165) is 0 Å². The lowest BCUT2D eigenvalue weighted by atomic mass is 10.0. The van der Waals surface area contributed by atoms with Crippen molar-refractivity contribution in [2.45, 2.75) is 0 Å². The molecule has 0 radical (unpaired) electrons. The average molecular weight is 490 g/mol. The quantitative estimate of drug-likeness (QED) is 0.194. The normalized spacial score (nSPS) is 11.8. The predicted molar refractivity (Wildman–Crippen MR) is 138 cm³/mol. The zero-order valence-electron chi connectivity index (χ0n) is 18.3. The van der Waals surface area contributed by atoms with Crippen molar-refractivity contribution < 1.29 is 19.3 Å². The molecule has 0 amide bonds. The summed E-state index contributed by atoms with van der Waals surface area (Å²) in [4.78, 5) is 0. The minimum absolute atomic E-state index is 0.125. The van der Waals surface area contributed by atoms with E-state index in [1.807, 2.05) is 36.4 Å². The number of benzene rings is 4. The summed E-state index contributed by atoms with van der Waals surface area (Å²) in [7, 11) is -3.89. The lowest BCUT2D eigenvalue weighted by Gasteiger charge is -2.05. The van der Waals surface area contributed by atoms with Crippen molar-refractivity contribution in [3.8, 4) is 33.8 Å². The molecule has 0 heterocycles. The Morgan fingerprint density at radius 2 is 0.824 bits per heavy atom. The first-order valence-corrected chi connectivity index (χ1v) is 13.2. The van der Waals surface area contributed by atoms with Crippen molar-refractivity contribution in [1.82, 2.24) is 10.2 Å². The Labute approximate surface area is 200 Å². The summed E-state index contributed by atoms with van der Waals surface area (Å²) in [6, 6.07) is 28.3. The van der Waals surface area contributed by atoms with Crippen LogP contribution in [0.25, 0.3) is 22.3 Å². The van der Waals surface area contributed by atoms with Crippen molar-refractivity contribution in [3.63, 3.8) is 0 Å². The molecular weight excluding hydrogens is 466 g/mol. The molecule has 4 aromatic carbocycles. The first-order valence-electron chi connectivity index (χ1n) is 10.7. The highest BCUT2D eigenvalue weighted by molar-refractivity contribution is 7.52. The second kappa shape index (κ2) is 11.1. The van der Waals surface area contributed by atoms with Gasteiger partial charge in [-0.3, -0.25) is 0 Å². The summed E-state index contributed by atoms with van der Waals surface area (Å²) in [5.74, 6) is 0.250. The molecule has 0 aromatic heterocycles. The van der Waals surface area contributed by atoms with E-state index in [-0.39, 0.29) is 11.5 Å². The number of hydrogen-bond acceptors (Lipinski definition) is 4. The Morgan fingerprint density at radius 3 is 1.21 bits per heavy atom. The van der Waals surface area contributed by atoms with Crippen molar-refractivity contribution in [2.75, 3.05) is 13.1 Å². The molecule has 170 valence electrons. The van der Waals surface area contributed by atoms with Crippen LogP contribution in [0.2, 0.25) is 0 Å². The predicted octanol–water partition coefficient (Wildman–Crippen LogP) is 5.05. The van der Waals surface area contributed by atoms with E-state index < -0.39 is 15.9 Å². The van der Waals surface area contributed by atoms with Crippen LogP contribution in [0.15, 0.2) is 97.1 Å². The van der Waals surface area contributed by atoms with Gasteiger partial charge in [-0.25, -0.2) is 0 Å². The standard InChI is InChI=1S/C26H22N2O4P2/c29-23-13-5-1-9-19(23)21-11-3-7-15-25(21)33(31)27-17-18-28-34(32)26-16-8-4-12-22(26)20-10-2-6-14-24(20)30/h1-16H,17-18H2,(H2-2,27,28,29,30,31,32)/p+2. The summed E-state index contributed by atoms with van der Waals surface area (Å²) < 4.78 is 25.9.